The normalized spacial score (nSPS) is 14.1. The van der Waals surface area contributed by atoms with Gasteiger partial charge in [-0.1, -0.05) is 47.5 Å². The summed E-state index contributed by atoms with van der Waals surface area (Å²) in [4.78, 5) is 29.2. The van der Waals surface area contributed by atoms with Crippen molar-refractivity contribution in [2.24, 2.45) is 4.99 Å². The molecule has 0 aliphatic carbocycles. The molecular formula is C26H20ClNO5. The van der Waals surface area contributed by atoms with Gasteiger partial charge in [-0.3, -0.25) is 0 Å². The molecule has 3 aromatic carbocycles. The Morgan fingerprint density at radius 2 is 1.88 bits per heavy atom. The van der Waals surface area contributed by atoms with Crippen LogP contribution in [0.5, 0.6) is 11.5 Å². The molecule has 0 saturated heterocycles. The Labute approximate surface area is 196 Å². The largest absolute Gasteiger partial charge is 0.490 e. The van der Waals surface area contributed by atoms with Gasteiger partial charge in [-0.15, -0.1) is 0 Å². The Hall–Kier alpha value is -3.90. The lowest BCUT2D eigenvalue weighted by Gasteiger charge is -2.11. The van der Waals surface area contributed by atoms with Gasteiger partial charge in [-0.25, -0.2) is 14.6 Å². The van der Waals surface area contributed by atoms with Crippen molar-refractivity contribution in [1.82, 2.24) is 0 Å². The zero-order valence-electron chi connectivity index (χ0n) is 18.0. The highest BCUT2D eigenvalue weighted by Crippen LogP contribution is 2.31. The minimum atomic E-state index is -0.585. The van der Waals surface area contributed by atoms with Crippen LogP contribution in [0.4, 0.5) is 0 Å². The summed E-state index contributed by atoms with van der Waals surface area (Å²) < 4.78 is 16.5. The summed E-state index contributed by atoms with van der Waals surface area (Å²) >= 11 is 6.18. The number of aryl methyl sites for hydroxylation is 1. The number of halogens is 1. The van der Waals surface area contributed by atoms with E-state index in [1.54, 1.807) is 66.7 Å². The standard InChI is InChI=1S/C26H20ClNO5/c1-3-31-23-15-17(11-12-22(23)32-25(29)18-8-6-7-16(2)13-18)14-21-26(30)33-24(28-21)19-9-4-5-10-20(19)27/h4-15H,3H2,1-2H3/b21-14-. The highest BCUT2D eigenvalue weighted by molar-refractivity contribution is 6.34. The molecule has 0 spiro atoms. The maximum absolute atomic E-state index is 12.5. The molecule has 7 heteroatoms. The third-order valence-electron chi connectivity index (χ3n) is 4.75. The maximum Gasteiger partial charge on any atom is 0.363 e. The van der Waals surface area contributed by atoms with Crippen LogP contribution in [0.25, 0.3) is 6.08 Å². The predicted octanol–water partition coefficient (Wildman–Crippen LogP) is 5.61. The average molecular weight is 462 g/mol. The fourth-order valence-corrected chi connectivity index (χ4v) is 3.43. The number of hydrogen-bond donors (Lipinski definition) is 0. The number of carbonyl (C=O) groups excluding carboxylic acids is 2. The zero-order chi connectivity index (χ0) is 23.4. The molecule has 1 aliphatic heterocycles. The average Bonchev–Trinajstić information content (AvgIpc) is 3.15. The summed E-state index contributed by atoms with van der Waals surface area (Å²) in [6, 6.07) is 19.1. The Kier molecular flexibility index (Phi) is 6.56. The number of esters is 2. The zero-order valence-corrected chi connectivity index (χ0v) is 18.8. The maximum atomic E-state index is 12.5. The van der Waals surface area contributed by atoms with Crippen LogP contribution in [0.15, 0.2) is 77.4 Å². The number of aliphatic imine (C=N–C) groups is 1. The van der Waals surface area contributed by atoms with Gasteiger partial charge in [0.05, 0.1) is 22.8 Å². The molecule has 0 fully saturated rings. The molecular weight excluding hydrogens is 442 g/mol. The van der Waals surface area contributed by atoms with Gasteiger partial charge in [-0.05, 0) is 61.9 Å². The summed E-state index contributed by atoms with van der Waals surface area (Å²) in [7, 11) is 0. The van der Waals surface area contributed by atoms with Crippen LogP contribution in [0.3, 0.4) is 0 Å². The molecule has 33 heavy (non-hydrogen) atoms. The number of benzene rings is 3. The second-order valence-electron chi connectivity index (χ2n) is 7.21. The first-order chi connectivity index (χ1) is 15.9. The summed E-state index contributed by atoms with van der Waals surface area (Å²) in [5, 5.41) is 0.434. The first-order valence-corrected chi connectivity index (χ1v) is 10.7. The van der Waals surface area contributed by atoms with Gasteiger partial charge in [0.1, 0.15) is 0 Å². The van der Waals surface area contributed by atoms with Crippen molar-refractivity contribution in [3.8, 4) is 11.5 Å². The van der Waals surface area contributed by atoms with Crippen LogP contribution in [0.2, 0.25) is 5.02 Å². The lowest BCUT2D eigenvalue weighted by molar-refractivity contribution is -0.129. The van der Waals surface area contributed by atoms with Crippen LogP contribution in [-0.2, 0) is 9.53 Å². The van der Waals surface area contributed by atoms with Crippen molar-refractivity contribution in [1.29, 1.82) is 0 Å². The SMILES string of the molecule is CCOc1cc(/C=C2\N=C(c3ccccc3Cl)OC2=O)ccc1OC(=O)c1cccc(C)c1. The van der Waals surface area contributed by atoms with Crippen molar-refractivity contribution in [2.75, 3.05) is 6.61 Å². The lowest BCUT2D eigenvalue weighted by Crippen LogP contribution is -2.10. The predicted molar refractivity (Wildman–Crippen MR) is 126 cm³/mol. The minimum absolute atomic E-state index is 0.122. The monoisotopic (exact) mass is 461 g/mol. The topological polar surface area (TPSA) is 74.2 Å². The number of ether oxygens (including phenoxy) is 3. The van der Waals surface area contributed by atoms with Crippen LogP contribution in [0, 0.1) is 6.92 Å². The van der Waals surface area contributed by atoms with E-state index < -0.39 is 11.9 Å². The van der Waals surface area contributed by atoms with Gasteiger partial charge < -0.3 is 14.2 Å². The Morgan fingerprint density at radius 1 is 1.06 bits per heavy atom. The number of cyclic esters (lactones) is 1. The van der Waals surface area contributed by atoms with Crippen molar-refractivity contribution < 1.29 is 23.8 Å². The first-order valence-electron chi connectivity index (χ1n) is 10.3. The molecule has 1 heterocycles. The number of hydrogen-bond acceptors (Lipinski definition) is 6. The van der Waals surface area contributed by atoms with Gasteiger partial charge in [0.25, 0.3) is 0 Å². The quantitative estimate of drug-likeness (QED) is 0.271. The molecule has 0 bridgehead atoms. The number of nitrogens with zero attached hydrogens (tertiary/aromatic N) is 1. The van der Waals surface area contributed by atoms with E-state index in [-0.39, 0.29) is 17.3 Å². The van der Waals surface area contributed by atoms with Gasteiger partial charge in [0, 0.05) is 0 Å². The third-order valence-corrected chi connectivity index (χ3v) is 5.08. The Balaban J connectivity index is 1.61. The van der Waals surface area contributed by atoms with E-state index in [9.17, 15) is 9.59 Å². The van der Waals surface area contributed by atoms with Gasteiger partial charge in [0.15, 0.2) is 17.2 Å². The molecule has 0 atom stereocenters. The van der Waals surface area contributed by atoms with Gasteiger partial charge in [0.2, 0.25) is 5.90 Å². The Bertz CT molecular complexity index is 1300. The molecule has 0 N–H and O–H groups in total. The van der Waals surface area contributed by atoms with E-state index in [4.69, 9.17) is 25.8 Å². The van der Waals surface area contributed by atoms with Crippen LogP contribution < -0.4 is 9.47 Å². The molecule has 4 rings (SSSR count). The fourth-order valence-electron chi connectivity index (χ4n) is 3.21. The molecule has 0 saturated carbocycles. The number of rotatable bonds is 6. The van der Waals surface area contributed by atoms with E-state index >= 15 is 0 Å². The summed E-state index contributed by atoms with van der Waals surface area (Å²) in [6.07, 6.45) is 1.57. The molecule has 1 aliphatic rings. The van der Waals surface area contributed by atoms with Crippen LogP contribution in [-0.4, -0.2) is 24.4 Å². The van der Waals surface area contributed by atoms with Gasteiger partial charge in [-0.2, -0.15) is 0 Å². The highest BCUT2D eigenvalue weighted by atomic mass is 35.5. The second kappa shape index (κ2) is 9.71. The van der Waals surface area contributed by atoms with Crippen molar-refractivity contribution in [3.63, 3.8) is 0 Å². The van der Waals surface area contributed by atoms with E-state index in [2.05, 4.69) is 4.99 Å². The van der Waals surface area contributed by atoms with Gasteiger partial charge >= 0.3 is 11.9 Å². The summed E-state index contributed by atoms with van der Waals surface area (Å²) in [6.45, 7) is 4.09. The van der Waals surface area contributed by atoms with Crippen molar-refractivity contribution in [3.05, 3.63) is 99.7 Å². The molecule has 166 valence electrons. The summed E-state index contributed by atoms with van der Waals surface area (Å²) in [5.41, 5.74) is 2.68. The van der Waals surface area contributed by atoms with Crippen molar-refractivity contribution >= 4 is 35.5 Å². The highest BCUT2D eigenvalue weighted by Gasteiger charge is 2.25. The van der Waals surface area contributed by atoms with E-state index in [1.165, 1.54) is 0 Å². The van der Waals surface area contributed by atoms with E-state index in [1.807, 2.05) is 19.9 Å². The molecule has 0 radical (unpaired) electrons. The first kappa shape index (κ1) is 22.3. The molecule has 6 nitrogen and oxygen atoms in total. The van der Waals surface area contributed by atoms with Crippen LogP contribution in [0.1, 0.15) is 34.0 Å². The lowest BCUT2D eigenvalue weighted by atomic mass is 10.1. The summed E-state index contributed by atoms with van der Waals surface area (Å²) in [5.74, 6) is -0.281. The second-order valence-corrected chi connectivity index (χ2v) is 7.62. The molecule has 3 aromatic rings. The smallest absolute Gasteiger partial charge is 0.363 e. The van der Waals surface area contributed by atoms with Crippen LogP contribution >= 0.6 is 11.6 Å². The molecule has 0 amide bonds. The Morgan fingerprint density at radius 3 is 2.64 bits per heavy atom. The fraction of sp³-hybridized carbons (Fsp3) is 0.115. The molecule has 0 unspecified atom stereocenters. The minimum Gasteiger partial charge on any atom is -0.490 e. The van der Waals surface area contributed by atoms with E-state index in [0.717, 1.165) is 5.56 Å². The van der Waals surface area contributed by atoms with E-state index in [0.29, 0.717) is 34.1 Å². The number of carbonyl (C=O) groups is 2. The third kappa shape index (κ3) is 5.13. The van der Waals surface area contributed by atoms with Crippen molar-refractivity contribution in [2.45, 2.75) is 13.8 Å². The molecule has 0 aromatic heterocycles.